The minimum Gasteiger partial charge on any atom is -0.421 e. The van der Waals surface area contributed by atoms with Crippen molar-refractivity contribution in [1.29, 1.82) is 0 Å². The van der Waals surface area contributed by atoms with Gasteiger partial charge in [-0.05, 0) is 32.7 Å². The predicted molar refractivity (Wildman–Crippen MR) is 128 cm³/mol. The van der Waals surface area contributed by atoms with Crippen LogP contribution in [0.25, 0.3) is 0 Å². The molecule has 0 aliphatic heterocycles. The summed E-state index contributed by atoms with van der Waals surface area (Å²) in [5, 5.41) is 0. The zero-order chi connectivity index (χ0) is 25.1. The summed E-state index contributed by atoms with van der Waals surface area (Å²) < 4.78 is 49.3. The van der Waals surface area contributed by atoms with Gasteiger partial charge < -0.3 is 44.3 Å². The molecule has 0 aliphatic rings. The fourth-order valence-electron chi connectivity index (χ4n) is 0.833. The van der Waals surface area contributed by atoms with Crippen LogP contribution >= 0.6 is 0 Å². The van der Waals surface area contributed by atoms with Gasteiger partial charge in [-0.2, -0.15) is 0 Å². The van der Waals surface area contributed by atoms with Crippen LogP contribution in [0, 0.1) is 0 Å². The minimum atomic E-state index is -2.69. The molecule has 0 heterocycles. The molecule has 0 atom stereocenters. The highest BCUT2D eigenvalue weighted by atomic mass is 28.4. The lowest BCUT2D eigenvalue weighted by Crippen LogP contribution is -2.45. The van der Waals surface area contributed by atoms with Gasteiger partial charge in [0.15, 0.2) is 8.32 Å². The summed E-state index contributed by atoms with van der Waals surface area (Å²) in [5.74, 6) is 0. The average Bonchev–Trinajstić information content (AvgIpc) is 2.76. The summed E-state index contributed by atoms with van der Waals surface area (Å²) in [7, 11) is 8.18. The molecule has 0 amide bonds. The molecule has 10 nitrogen and oxygen atoms in total. The van der Waals surface area contributed by atoms with Gasteiger partial charge in [0.1, 0.15) is 0 Å². The second-order valence-corrected chi connectivity index (χ2v) is 20.7. The van der Waals surface area contributed by atoms with E-state index in [4.69, 9.17) is 44.3 Å². The minimum absolute atomic E-state index is 1.13. The number of rotatable bonds is 10. The van der Waals surface area contributed by atoms with E-state index in [2.05, 4.69) is 19.6 Å². The summed E-state index contributed by atoms with van der Waals surface area (Å²) >= 11 is 0. The van der Waals surface area contributed by atoms with E-state index >= 15 is 0 Å². The van der Waals surface area contributed by atoms with Crippen molar-refractivity contribution in [2.24, 2.45) is 0 Å². The van der Waals surface area contributed by atoms with E-state index < -0.39 is 34.7 Å². The smallest absolute Gasteiger partial charge is 0.421 e. The molecule has 0 rings (SSSR count). The van der Waals surface area contributed by atoms with Gasteiger partial charge in [0.2, 0.25) is 0 Å². The van der Waals surface area contributed by atoms with E-state index in [1.54, 1.807) is 42.7 Å². The molecule has 0 radical (unpaired) electrons. The van der Waals surface area contributed by atoms with Crippen LogP contribution < -0.4 is 0 Å². The van der Waals surface area contributed by atoms with Gasteiger partial charge in [-0.3, -0.25) is 0 Å². The van der Waals surface area contributed by atoms with Gasteiger partial charge in [0.25, 0.3) is 0 Å². The van der Waals surface area contributed by atoms with E-state index in [-0.39, 0.29) is 0 Å². The van der Waals surface area contributed by atoms with Gasteiger partial charge in [-0.1, -0.05) is 0 Å². The maximum Gasteiger partial charge on any atom is 0.678 e. The third-order valence-corrected chi connectivity index (χ3v) is 11.1. The van der Waals surface area contributed by atoms with Crippen molar-refractivity contribution < 1.29 is 44.3 Å². The monoisotopic (exact) mass is 512 g/mol. The van der Waals surface area contributed by atoms with Gasteiger partial charge >= 0.3 is 26.4 Å². The van der Waals surface area contributed by atoms with E-state index in [1.807, 2.05) is 19.6 Å². The van der Waals surface area contributed by atoms with Crippen molar-refractivity contribution in [3.63, 3.8) is 0 Å². The third-order valence-electron chi connectivity index (χ3n) is 3.71. The van der Waals surface area contributed by atoms with Crippen molar-refractivity contribution in [2.75, 3.05) is 71.1 Å². The molecule has 30 heavy (non-hydrogen) atoms. The van der Waals surface area contributed by atoms with Gasteiger partial charge in [0.05, 0.1) is 0 Å². The third kappa shape index (κ3) is 23.1. The molecule has 0 aromatic carbocycles. The topological polar surface area (TPSA) is 92.3 Å². The van der Waals surface area contributed by atoms with Crippen LogP contribution in [0.15, 0.2) is 0 Å². The standard InChI is InChI=1S/C4H12O4Si.C4H12O3Si.C4H12O2Si.C4H12OSi/c1-5-9(6-2,7-3)8-4;1-5-8(4,6-2)7-3;1-5-7(3,4)6-2;1-5-6(2,3)4/h1-4H3;1-4H3;1-4H3;1-4H3. The quantitative estimate of drug-likeness (QED) is 0.407. The highest BCUT2D eigenvalue weighted by Gasteiger charge is 2.40. The Bertz CT molecular complexity index is 331. The summed E-state index contributed by atoms with van der Waals surface area (Å²) in [6.07, 6.45) is 0. The van der Waals surface area contributed by atoms with Crippen molar-refractivity contribution in [3.8, 4) is 0 Å². The van der Waals surface area contributed by atoms with Crippen molar-refractivity contribution in [1.82, 2.24) is 0 Å². The highest BCUT2D eigenvalue weighted by molar-refractivity contribution is 6.69. The Morgan fingerprint density at radius 2 is 0.567 bits per heavy atom. The van der Waals surface area contributed by atoms with E-state index in [9.17, 15) is 0 Å². The van der Waals surface area contributed by atoms with Gasteiger partial charge in [-0.25, -0.2) is 0 Å². The lowest BCUT2D eigenvalue weighted by atomic mass is 11.8. The molecule has 0 saturated heterocycles. The van der Waals surface area contributed by atoms with E-state index in [0.717, 1.165) is 0 Å². The average molecular weight is 513 g/mol. The normalized spacial score (nSPS) is 12.0. The second-order valence-electron chi connectivity index (χ2n) is 6.92. The summed E-state index contributed by atoms with van der Waals surface area (Å²) in [6, 6.07) is 0. The Kier molecular flexibility index (Phi) is 25.3. The lowest BCUT2D eigenvalue weighted by molar-refractivity contribution is 0.0226. The van der Waals surface area contributed by atoms with Crippen molar-refractivity contribution in [2.45, 2.75) is 39.3 Å². The molecule has 188 valence electrons. The van der Waals surface area contributed by atoms with Crippen LogP contribution in [-0.4, -0.2) is 106 Å². The first-order valence-corrected chi connectivity index (χ1v) is 19.2. The number of hydrogen-bond donors (Lipinski definition) is 0. The fraction of sp³-hybridized carbons (Fsp3) is 1.00. The lowest BCUT2D eigenvalue weighted by Gasteiger charge is -2.19. The highest BCUT2D eigenvalue weighted by Crippen LogP contribution is 2.04. The molecule has 0 spiro atoms. The summed E-state index contributed by atoms with van der Waals surface area (Å²) in [6.45, 7) is 12.3. The number of hydrogen-bond acceptors (Lipinski definition) is 10. The zero-order valence-electron chi connectivity index (χ0n) is 22.1. The Morgan fingerprint density at radius 3 is 0.567 bits per heavy atom. The van der Waals surface area contributed by atoms with Crippen LogP contribution in [0.5, 0.6) is 0 Å². The van der Waals surface area contributed by atoms with Crippen LogP contribution in [0.4, 0.5) is 0 Å². The van der Waals surface area contributed by atoms with Gasteiger partial charge in [0, 0.05) is 77.6 Å². The molecule has 14 heteroatoms. The molecule has 0 fully saturated rings. The molecule has 0 saturated carbocycles. The molecule has 0 aliphatic carbocycles. The summed E-state index contributed by atoms with van der Waals surface area (Å²) in [4.78, 5) is 0. The Hall–Kier alpha value is 0.468. The SMILES string of the molecule is CO[Si](C)(C)C.CO[Si](C)(C)OC.CO[Si](C)(OC)OC.CO[Si](OC)(OC)OC. The predicted octanol–water partition coefficient (Wildman–Crippen LogP) is 2.95. The maximum atomic E-state index is 5.08. The van der Waals surface area contributed by atoms with Gasteiger partial charge in [-0.15, -0.1) is 0 Å². The first-order valence-electron chi connectivity index (χ1n) is 9.12. The second kappa shape index (κ2) is 20.1. The maximum absolute atomic E-state index is 5.08. The molecule has 0 aromatic rings. The molecule has 0 bridgehead atoms. The van der Waals surface area contributed by atoms with E-state index in [1.165, 1.54) is 28.4 Å². The molecular formula is C16H48O10Si4. The molecule has 0 aromatic heterocycles. The first-order chi connectivity index (χ1) is 13.6. The Labute approximate surface area is 189 Å². The van der Waals surface area contributed by atoms with Crippen molar-refractivity contribution >= 4 is 34.7 Å². The zero-order valence-corrected chi connectivity index (χ0v) is 26.1. The van der Waals surface area contributed by atoms with E-state index in [0.29, 0.717) is 0 Å². The Morgan fingerprint density at radius 1 is 0.333 bits per heavy atom. The van der Waals surface area contributed by atoms with Crippen LogP contribution in [-0.2, 0) is 44.3 Å². The first kappa shape index (κ1) is 37.8. The largest absolute Gasteiger partial charge is 0.678 e. The summed E-state index contributed by atoms with van der Waals surface area (Å²) in [5.41, 5.74) is 0. The molecule has 0 unspecified atom stereocenters. The molecular weight excluding hydrogens is 465 g/mol. The fourth-order valence-corrected chi connectivity index (χ4v) is 2.50. The van der Waals surface area contributed by atoms with Crippen molar-refractivity contribution in [3.05, 3.63) is 0 Å². The molecule has 0 N–H and O–H groups in total. The van der Waals surface area contributed by atoms with Crippen LogP contribution in [0.2, 0.25) is 39.3 Å². The van der Waals surface area contributed by atoms with Crippen LogP contribution in [0.3, 0.4) is 0 Å². The van der Waals surface area contributed by atoms with Crippen LogP contribution in [0.1, 0.15) is 0 Å². The Balaban J connectivity index is -0.000000152.